The summed E-state index contributed by atoms with van der Waals surface area (Å²) in [6.45, 7) is 17.0. The van der Waals surface area contributed by atoms with Crippen LogP contribution in [-0.2, 0) is 6.54 Å². The lowest BCUT2D eigenvalue weighted by Gasteiger charge is -2.25. The van der Waals surface area contributed by atoms with E-state index in [-0.39, 0.29) is 5.91 Å². The number of likely N-dealkylation sites (tertiary alicyclic amines) is 1. The van der Waals surface area contributed by atoms with Gasteiger partial charge in [0.05, 0.1) is 11.0 Å². The largest absolute Gasteiger partial charge is 0.360 e. The zero-order chi connectivity index (χ0) is 28.2. The molecule has 0 aliphatic carbocycles. The fraction of sp³-hybridized carbons (Fsp3) is 0.529. The number of benzene rings is 2. The Bertz CT molecular complexity index is 1430. The third-order valence-corrected chi connectivity index (χ3v) is 8.37. The Kier molecular flexibility index (Phi) is 8.94. The number of rotatable bonds is 12. The lowest BCUT2D eigenvalue weighted by Crippen LogP contribution is -2.34. The summed E-state index contributed by atoms with van der Waals surface area (Å²) in [5, 5.41) is 1.19. The quantitative estimate of drug-likeness (QED) is 0.202. The first kappa shape index (κ1) is 28.4. The minimum absolute atomic E-state index is 0.136. The number of hydrogen-bond donors (Lipinski definition) is 1. The number of aromatic amines is 1. The van der Waals surface area contributed by atoms with Crippen LogP contribution in [0.25, 0.3) is 33.3 Å². The molecule has 1 N–H and O–H groups in total. The van der Waals surface area contributed by atoms with Crippen LogP contribution in [-0.4, -0.2) is 63.0 Å². The van der Waals surface area contributed by atoms with E-state index in [0.717, 1.165) is 78.9 Å². The van der Waals surface area contributed by atoms with E-state index in [2.05, 4.69) is 84.4 Å². The molecule has 0 atom stereocenters. The molecule has 0 saturated carbocycles. The lowest BCUT2D eigenvalue weighted by atomic mass is 10.1. The highest BCUT2D eigenvalue weighted by atomic mass is 16.2. The van der Waals surface area contributed by atoms with E-state index < -0.39 is 0 Å². The summed E-state index contributed by atoms with van der Waals surface area (Å²) < 4.78 is 2.36. The Hall–Kier alpha value is -3.12. The number of aromatic nitrogens is 3. The van der Waals surface area contributed by atoms with Gasteiger partial charge in [0.15, 0.2) is 0 Å². The molecule has 1 aliphatic rings. The van der Waals surface area contributed by atoms with Crippen LogP contribution in [0.2, 0.25) is 0 Å². The van der Waals surface area contributed by atoms with Crippen molar-refractivity contribution >= 4 is 27.8 Å². The highest BCUT2D eigenvalue weighted by Gasteiger charge is 2.21. The molecule has 4 aromatic rings. The summed E-state index contributed by atoms with van der Waals surface area (Å²) in [5.41, 5.74) is 6.26. The van der Waals surface area contributed by atoms with E-state index in [1.54, 1.807) is 0 Å². The molecule has 1 aliphatic heterocycles. The van der Waals surface area contributed by atoms with Crippen LogP contribution < -0.4 is 0 Å². The van der Waals surface area contributed by atoms with Crippen molar-refractivity contribution in [2.75, 3.05) is 32.7 Å². The molecule has 1 fully saturated rings. The van der Waals surface area contributed by atoms with E-state index in [9.17, 15) is 4.79 Å². The summed E-state index contributed by atoms with van der Waals surface area (Å²) in [6.07, 6.45) is 7.81. The van der Waals surface area contributed by atoms with Gasteiger partial charge in [0.25, 0.3) is 5.91 Å². The number of imidazole rings is 1. The predicted octanol–water partition coefficient (Wildman–Crippen LogP) is 7.51. The van der Waals surface area contributed by atoms with E-state index >= 15 is 0 Å². The summed E-state index contributed by atoms with van der Waals surface area (Å²) in [5.74, 6) is 2.25. The predicted molar refractivity (Wildman–Crippen MR) is 167 cm³/mol. The van der Waals surface area contributed by atoms with Gasteiger partial charge in [0, 0.05) is 47.9 Å². The smallest absolute Gasteiger partial charge is 0.253 e. The van der Waals surface area contributed by atoms with Gasteiger partial charge in [0.2, 0.25) is 0 Å². The maximum atomic E-state index is 13.8. The van der Waals surface area contributed by atoms with Gasteiger partial charge < -0.3 is 19.4 Å². The molecule has 3 heterocycles. The normalized spacial score (nSPS) is 14.4. The van der Waals surface area contributed by atoms with Gasteiger partial charge in [-0.25, -0.2) is 4.98 Å². The second-order valence-corrected chi connectivity index (χ2v) is 12.6. The third-order valence-electron chi connectivity index (χ3n) is 8.37. The van der Waals surface area contributed by atoms with Crippen molar-refractivity contribution in [1.82, 2.24) is 24.3 Å². The van der Waals surface area contributed by atoms with Crippen LogP contribution in [0.1, 0.15) is 75.7 Å². The van der Waals surface area contributed by atoms with Gasteiger partial charge in [-0.15, -0.1) is 0 Å². The molecule has 0 spiro atoms. The SMILES string of the molecule is Cc1ccc2c(-c3nc4ccc(C(=O)N(CCC(C)C)CCC(C)C)cc4n3CCCN3CCCC3)c[nH]c2c1. The second kappa shape index (κ2) is 12.6. The zero-order valence-corrected chi connectivity index (χ0v) is 25.2. The Morgan fingerprint density at radius 2 is 1.70 bits per heavy atom. The van der Waals surface area contributed by atoms with Gasteiger partial charge in [-0.2, -0.15) is 0 Å². The molecule has 214 valence electrons. The second-order valence-electron chi connectivity index (χ2n) is 12.6. The Morgan fingerprint density at radius 1 is 0.975 bits per heavy atom. The Balaban J connectivity index is 1.51. The summed E-state index contributed by atoms with van der Waals surface area (Å²) >= 11 is 0. The Morgan fingerprint density at radius 3 is 2.40 bits per heavy atom. The van der Waals surface area contributed by atoms with Crippen molar-refractivity contribution in [3.05, 3.63) is 53.7 Å². The summed E-state index contributed by atoms with van der Waals surface area (Å²) in [6, 6.07) is 12.7. The van der Waals surface area contributed by atoms with E-state index in [4.69, 9.17) is 4.98 Å². The van der Waals surface area contributed by atoms with Gasteiger partial charge in [-0.05, 0) is 100 Å². The number of aryl methyl sites for hydroxylation is 2. The highest BCUT2D eigenvalue weighted by molar-refractivity contribution is 5.99. The minimum Gasteiger partial charge on any atom is -0.360 e. The topological polar surface area (TPSA) is 57.2 Å². The first-order chi connectivity index (χ1) is 19.3. The lowest BCUT2D eigenvalue weighted by molar-refractivity contribution is 0.0741. The fourth-order valence-corrected chi connectivity index (χ4v) is 5.90. The maximum Gasteiger partial charge on any atom is 0.253 e. The van der Waals surface area contributed by atoms with Crippen LogP contribution in [0.5, 0.6) is 0 Å². The average Bonchev–Trinajstić information content (AvgIpc) is 3.66. The fourth-order valence-electron chi connectivity index (χ4n) is 5.90. The molecule has 6 heteroatoms. The highest BCUT2D eigenvalue weighted by Crippen LogP contribution is 2.32. The molecule has 2 aromatic carbocycles. The molecule has 0 bridgehead atoms. The summed E-state index contributed by atoms with van der Waals surface area (Å²) in [4.78, 5) is 27.1. The molecule has 40 heavy (non-hydrogen) atoms. The molecular weight excluding hydrogens is 494 g/mol. The van der Waals surface area contributed by atoms with Crippen molar-refractivity contribution in [3.8, 4) is 11.4 Å². The van der Waals surface area contributed by atoms with Crippen LogP contribution in [0, 0.1) is 18.8 Å². The standard InChI is InChI=1S/C34H47N5O/c1-24(2)13-19-38(20-14-25(3)4)34(40)27-10-12-30-32(22-27)39(18-8-17-37-15-6-7-16-37)33(36-30)29-23-35-31-21-26(5)9-11-28(29)31/h9-12,21-25,35H,6-8,13-20H2,1-5H3. The van der Waals surface area contributed by atoms with Crippen molar-refractivity contribution in [1.29, 1.82) is 0 Å². The molecular formula is C34H47N5O. The van der Waals surface area contributed by atoms with Gasteiger partial charge in [-0.3, -0.25) is 4.79 Å². The van der Waals surface area contributed by atoms with Crippen molar-refractivity contribution in [2.45, 2.75) is 73.3 Å². The number of carbonyl (C=O) groups is 1. The summed E-state index contributed by atoms with van der Waals surface area (Å²) in [7, 11) is 0. The third kappa shape index (κ3) is 6.43. The molecule has 1 amide bonds. The van der Waals surface area contributed by atoms with Crippen molar-refractivity contribution in [2.24, 2.45) is 11.8 Å². The molecule has 2 aromatic heterocycles. The minimum atomic E-state index is 0.136. The van der Waals surface area contributed by atoms with Crippen LogP contribution in [0.15, 0.2) is 42.6 Å². The monoisotopic (exact) mass is 541 g/mol. The van der Waals surface area contributed by atoms with E-state index in [1.807, 2.05) is 12.1 Å². The number of hydrogen-bond acceptors (Lipinski definition) is 3. The Labute approximate surface area is 239 Å². The van der Waals surface area contributed by atoms with Crippen LogP contribution in [0.3, 0.4) is 0 Å². The number of fused-ring (bicyclic) bond motifs is 2. The maximum absolute atomic E-state index is 13.8. The number of amides is 1. The number of nitrogens with one attached hydrogen (secondary N) is 1. The number of H-pyrrole nitrogens is 1. The zero-order valence-electron chi connectivity index (χ0n) is 25.2. The molecule has 1 saturated heterocycles. The van der Waals surface area contributed by atoms with Crippen molar-refractivity contribution in [3.63, 3.8) is 0 Å². The average molecular weight is 542 g/mol. The van der Waals surface area contributed by atoms with E-state index in [0.29, 0.717) is 11.8 Å². The number of nitrogens with zero attached hydrogens (tertiary/aromatic N) is 4. The van der Waals surface area contributed by atoms with Crippen molar-refractivity contribution < 1.29 is 4.79 Å². The van der Waals surface area contributed by atoms with Gasteiger partial charge in [0.1, 0.15) is 5.82 Å². The van der Waals surface area contributed by atoms with E-state index in [1.165, 1.54) is 36.9 Å². The van der Waals surface area contributed by atoms with Crippen LogP contribution in [0.4, 0.5) is 0 Å². The first-order valence-electron chi connectivity index (χ1n) is 15.4. The number of carbonyl (C=O) groups excluding carboxylic acids is 1. The van der Waals surface area contributed by atoms with Gasteiger partial charge >= 0.3 is 0 Å². The first-order valence-corrected chi connectivity index (χ1v) is 15.4. The molecule has 5 rings (SSSR count). The molecule has 0 radical (unpaired) electrons. The van der Waals surface area contributed by atoms with Crippen LogP contribution >= 0.6 is 0 Å². The molecule has 6 nitrogen and oxygen atoms in total. The molecule has 0 unspecified atom stereocenters. The van der Waals surface area contributed by atoms with Gasteiger partial charge in [-0.1, -0.05) is 39.8 Å².